The van der Waals surface area contributed by atoms with Crippen molar-refractivity contribution in [2.24, 2.45) is 0 Å². The first-order valence-electron chi connectivity index (χ1n) is 7.96. The fourth-order valence-corrected chi connectivity index (χ4v) is 2.77. The summed E-state index contributed by atoms with van der Waals surface area (Å²) in [5.41, 5.74) is 1.01. The Balaban J connectivity index is 3.07. The number of esters is 1. The highest BCUT2D eigenvalue weighted by atomic mass is 35.5. The van der Waals surface area contributed by atoms with E-state index in [0.29, 0.717) is 19.4 Å². The molecule has 0 heterocycles. The molecular formula is C20H23ClO3. The van der Waals surface area contributed by atoms with Gasteiger partial charge in [-0.25, -0.2) is 4.79 Å². The molecule has 0 bridgehead atoms. The Bertz CT molecular complexity index is 643. The van der Waals surface area contributed by atoms with Crippen molar-refractivity contribution in [1.29, 1.82) is 0 Å². The number of halogens is 1. The van der Waals surface area contributed by atoms with Gasteiger partial charge in [-0.1, -0.05) is 24.3 Å². The molecule has 1 rings (SSSR count). The van der Waals surface area contributed by atoms with Gasteiger partial charge in [0.25, 0.3) is 0 Å². The van der Waals surface area contributed by atoms with Crippen LogP contribution in [0.1, 0.15) is 44.2 Å². The highest BCUT2D eigenvalue weighted by molar-refractivity contribution is 6.29. The lowest BCUT2D eigenvalue weighted by Gasteiger charge is -2.28. The summed E-state index contributed by atoms with van der Waals surface area (Å²) in [6.45, 7) is 3.98. The van der Waals surface area contributed by atoms with Crippen LogP contribution >= 0.6 is 11.6 Å². The Labute approximate surface area is 149 Å². The molecule has 1 aromatic carbocycles. The first-order chi connectivity index (χ1) is 11.5. The number of carbonyl (C=O) groups is 2. The van der Waals surface area contributed by atoms with Crippen LogP contribution in [-0.4, -0.2) is 24.2 Å². The van der Waals surface area contributed by atoms with Crippen LogP contribution < -0.4 is 0 Å². The SMILES string of the molecule is C#CCCCC(C)(C(=O)CCl)c1cccc(/C=C/C(=O)OCC)c1. The van der Waals surface area contributed by atoms with Crippen molar-refractivity contribution in [2.45, 2.75) is 38.5 Å². The number of carbonyl (C=O) groups excluding carboxylic acids is 2. The summed E-state index contributed by atoms with van der Waals surface area (Å²) in [7, 11) is 0. The maximum Gasteiger partial charge on any atom is 0.330 e. The molecule has 0 aliphatic carbocycles. The van der Waals surface area contributed by atoms with Crippen LogP contribution in [0.3, 0.4) is 0 Å². The third-order valence-corrected chi connectivity index (χ3v) is 4.20. The van der Waals surface area contributed by atoms with Crippen LogP contribution in [0.15, 0.2) is 30.3 Å². The Hall–Kier alpha value is -2.05. The summed E-state index contributed by atoms with van der Waals surface area (Å²) < 4.78 is 4.87. The minimum absolute atomic E-state index is 0.0345. The molecule has 0 aromatic heterocycles. The summed E-state index contributed by atoms with van der Waals surface area (Å²) >= 11 is 5.81. The van der Waals surface area contributed by atoms with E-state index in [4.69, 9.17) is 22.8 Å². The number of hydrogen-bond acceptors (Lipinski definition) is 3. The molecule has 0 saturated carbocycles. The molecule has 0 saturated heterocycles. The molecule has 0 radical (unpaired) electrons. The van der Waals surface area contributed by atoms with Crippen molar-refractivity contribution in [3.63, 3.8) is 0 Å². The number of terminal acetylenes is 1. The lowest BCUT2D eigenvalue weighted by atomic mass is 9.74. The van der Waals surface area contributed by atoms with Crippen molar-refractivity contribution < 1.29 is 14.3 Å². The van der Waals surface area contributed by atoms with E-state index in [2.05, 4.69) is 5.92 Å². The molecule has 0 aliphatic heterocycles. The van der Waals surface area contributed by atoms with Crippen molar-refractivity contribution in [1.82, 2.24) is 0 Å². The maximum atomic E-state index is 12.4. The number of unbranched alkanes of at least 4 members (excludes halogenated alkanes) is 1. The van der Waals surface area contributed by atoms with E-state index >= 15 is 0 Å². The number of ether oxygens (including phenoxy) is 1. The molecule has 4 heteroatoms. The van der Waals surface area contributed by atoms with Crippen LogP contribution in [0, 0.1) is 12.3 Å². The van der Waals surface area contributed by atoms with E-state index in [9.17, 15) is 9.59 Å². The smallest absolute Gasteiger partial charge is 0.330 e. The van der Waals surface area contributed by atoms with Gasteiger partial charge in [0.05, 0.1) is 17.9 Å². The van der Waals surface area contributed by atoms with Crippen LogP contribution in [0.25, 0.3) is 6.08 Å². The number of ketones is 1. The molecule has 128 valence electrons. The largest absolute Gasteiger partial charge is 0.463 e. The van der Waals surface area contributed by atoms with Gasteiger partial charge >= 0.3 is 5.97 Å². The number of Topliss-reactive ketones (excluding diaryl/α,β-unsaturated/α-hetero) is 1. The maximum absolute atomic E-state index is 12.4. The van der Waals surface area contributed by atoms with Gasteiger partial charge in [-0.2, -0.15) is 0 Å². The highest BCUT2D eigenvalue weighted by Crippen LogP contribution is 2.32. The number of hydrogen-bond donors (Lipinski definition) is 0. The number of alkyl halides is 1. The highest BCUT2D eigenvalue weighted by Gasteiger charge is 2.33. The molecule has 0 spiro atoms. The van der Waals surface area contributed by atoms with E-state index in [-0.39, 0.29) is 11.7 Å². The Morgan fingerprint density at radius 3 is 2.79 bits per heavy atom. The van der Waals surface area contributed by atoms with Crippen LogP contribution in [0.4, 0.5) is 0 Å². The lowest BCUT2D eigenvalue weighted by molar-refractivity contribution is -0.137. The van der Waals surface area contributed by atoms with Gasteiger partial charge in [0.15, 0.2) is 5.78 Å². The third-order valence-electron chi connectivity index (χ3n) is 3.96. The van der Waals surface area contributed by atoms with Crippen molar-refractivity contribution in [3.8, 4) is 12.3 Å². The van der Waals surface area contributed by atoms with E-state index in [1.54, 1.807) is 13.0 Å². The van der Waals surface area contributed by atoms with Crippen LogP contribution in [-0.2, 0) is 19.7 Å². The first kappa shape index (κ1) is 20.0. The summed E-state index contributed by atoms with van der Waals surface area (Å²) in [6, 6.07) is 7.53. The zero-order valence-electron chi connectivity index (χ0n) is 14.2. The van der Waals surface area contributed by atoms with Gasteiger partial charge in [-0.15, -0.1) is 23.9 Å². The molecule has 3 nitrogen and oxygen atoms in total. The Morgan fingerprint density at radius 2 is 2.17 bits per heavy atom. The van der Waals surface area contributed by atoms with Crippen LogP contribution in [0.2, 0.25) is 0 Å². The number of rotatable bonds is 9. The average molecular weight is 347 g/mol. The normalized spacial score (nSPS) is 13.2. The fourth-order valence-electron chi connectivity index (χ4n) is 2.48. The molecule has 0 aliphatic rings. The second kappa shape index (κ2) is 9.95. The average Bonchev–Trinajstić information content (AvgIpc) is 2.59. The molecule has 0 fully saturated rings. The quantitative estimate of drug-likeness (QED) is 0.222. The topological polar surface area (TPSA) is 43.4 Å². The fraction of sp³-hybridized carbons (Fsp3) is 0.400. The monoisotopic (exact) mass is 346 g/mol. The molecule has 1 unspecified atom stereocenters. The lowest BCUT2D eigenvalue weighted by Crippen LogP contribution is -2.33. The van der Waals surface area contributed by atoms with Gasteiger partial charge in [-0.3, -0.25) is 4.79 Å². The minimum Gasteiger partial charge on any atom is -0.463 e. The van der Waals surface area contributed by atoms with Crippen molar-refractivity contribution in [2.75, 3.05) is 12.5 Å². The third kappa shape index (κ3) is 5.54. The van der Waals surface area contributed by atoms with Gasteiger partial charge in [-0.05, 0) is 43.9 Å². The van der Waals surface area contributed by atoms with Crippen LogP contribution in [0.5, 0.6) is 0 Å². The molecule has 0 amide bonds. The molecule has 1 atom stereocenters. The van der Waals surface area contributed by atoms with E-state index in [0.717, 1.165) is 17.5 Å². The summed E-state index contributed by atoms with van der Waals surface area (Å²) in [5, 5.41) is 0. The van der Waals surface area contributed by atoms with Crippen molar-refractivity contribution in [3.05, 3.63) is 41.5 Å². The van der Waals surface area contributed by atoms with E-state index in [1.807, 2.05) is 31.2 Å². The molecule has 24 heavy (non-hydrogen) atoms. The second-order valence-electron chi connectivity index (χ2n) is 5.66. The number of benzene rings is 1. The molecule has 1 aromatic rings. The zero-order valence-corrected chi connectivity index (χ0v) is 14.9. The van der Waals surface area contributed by atoms with Gasteiger partial charge in [0.1, 0.15) is 0 Å². The van der Waals surface area contributed by atoms with Gasteiger partial charge in [0.2, 0.25) is 0 Å². The second-order valence-corrected chi connectivity index (χ2v) is 5.92. The van der Waals surface area contributed by atoms with E-state index < -0.39 is 11.4 Å². The summed E-state index contributed by atoms with van der Waals surface area (Å²) in [5.74, 6) is 2.13. The standard InChI is InChI=1S/C20H23ClO3/c1-4-6-7-13-20(3,18(22)15-21)17-10-8-9-16(14-17)11-12-19(23)24-5-2/h1,8-12,14H,5-7,13,15H2,2-3H3/b12-11+. The Kier molecular flexibility index (Phi) is 8.29. The summed E-state index contributed by atoms with van der Waals surface area (Å²) in [6.07, 6.45) is 10.4. The first-order valence-corrected chi connectivity index (χ1v) is 8.49. The minimum atomic E-state index is -0.688. The molecule has 0 N–H and O–H groups in total. The van der Waals surface area contributed by atoms with E-state index in [1.165, 1.54) is 6.08 Å². The Morgan fingerprint density at radius 1 is 1.42 bits per heavy atom. The predicted octanol–water partition coefficient (Wildman–Crippen LogP) is 4.13. The van der Waals surface area contributed by atoms with Crippen molar-refractivity contribution >= 4 is 29.4 Å². The summed E-state index contributed by atoms with van der Waals surface area (Å²) in [4.78, 5) is 23.8. The van der Waals surface area contributed by atoms with Gasteiger partial charge in [0, 0.05) is 12.5 Å². The zero-order chi connectivity index (χ0) is 18.0. The van der Waals surface area contributed by atoms with Gasteiger partial charge < -0.3 is 4.74 Å². The predicted molar refractivity (Wildman–Crippen MR) is 97.9 cm³/mol. The molecular weight excluding hydrogens is 324 g/mol.